The average Bonchev–Trinajstić information content (AvgIpc) is 2.47. The summed E-state index contributed by atoms with van der Waals surface area (Å²) in [5.74, 6) is -2.62. The number of piperidine rings is 1. The Hall–Kier alpha value is -2.25. The van der Waals surface area contributed by atoms with Crippen LogP contribution >= 0.6 is 0 Å². The van der Waals surface area contributed by atoms with E-state index >= 15 is 0 Å². The molecule has 0 radical (unpaired) electrons. The number of nitrogens with zero attached hydrogens (tertiary/aromatic N) is 2. The first kappa shape index (κ1) is 18.1. The van der Waals surface area contributed by atoms with Gasteiger partial charge in [-0.25, -0.2) is 13.6 Å². The minimum atomic E-state index is -1.10. The first-order chi connectivity index (χ1) is 11.1. The highest BCUT2D eigenvalue weighted by atomic mass is 19.2. The summed E-state index contributed by atoms with van der Waals surface area (Å²) >= 11 is 0. The fourth-order valence-electron chi connectivity index (χ4n) is 2.77. The van der Waals surface area contributed by atoms with Crippen molar-refractivity contribution in [2.24, 2.45) is 0 Å². The Morgan fingerprint density at radius 2 is 2.00 bits per heavy atom. The number of carbonyl (C=O) groups is 1. The summed E-state index contributed by atoms with van der Waals surface area (Å²) < 4.78 is 31.7. The second-order valence-electron chi connectivity index (χ2n) is 6.85. The summed E-state index contributed by atoms with van der Waals surface area (Å²) in [6.07, 6.45) is -0.339. The lowest BCUT2D eigenvalue weighted by molar-refractivity contribution is -0.529. The third kappa shape index (κ3) is 4.18. The van der Waals surface area contributed by atoms with Crippen LogP contribution in [0, 0.1) is 21.7 Å². The van der Waals surface area contributed by atoms with E-state index in [4.69, 9.17) is 4.74 Å². The molecule has 1 amide bonds. The van der Waals surface area contributed by atoms with Crippen LogP contribution in [0.3, 0.4) is 0 Å². The van der Waals surface area contributed by atoms with Gasteiger partial charge in [0.05, 0.1) is 12.5 Å². The van der Waals surface area contributed by atoms with Gasteiger partial charge in [-0.1, -0.05) is 6.07 Å². The van der Waals surface area contributed by atoms with Crippen LogP contribution in [0.4, 0.5) is 13.6 Å². The molecular weight excluding hydrogens is 322 g/mol. The Balaban J connectivity index is 2.18. The van der Waals surface area contributed by atoms with E-state index in [9.17, 15) is 23.7 Å². The van der Waals surface area contributed by atoms with E-state index in [0.717, 1.165) is 12.1 Å². The monoisotopic (exact) mass is 342 g/mol. The number of carbonyl (C=O) groups excluding carboxylic acids is 1. The molecule has 0 spiro atoms. The van der Waals surface area contributed by atoms with Crippen LogP contribution in [0.25, 0.3) is 0 Å². The number of hydrogen-bond donors (Lipinski definition) is 0. The summed E-state index contributed by atoms with van der Waals surface area (Å²) in [4.78, 5) is 24.3. The standard InChI is InChI=1S/C16H20F2N2O4/c1-16(2,3)24-15(21)19-7-6-11(14(9-19)20(22)23)10-4-5-12(17)13(18)8-10/h4-5,8,11,14H,6-7,9H2,1-3H3/t11-,14+/m0/s1. The fourth-order valence-corrected chi connectivity index (χ4v) is 2.77. The van der Waals surface area contributed by atoms with Crippen molar-refractivity contribution in [3.05, 3.63) is 45.5 Å². The van der Waals surface area contributed by atoms with Gasteiger partial charge in [-0.2, -0.15) is 0 Å². The molecule has 1 aromatic rings. The van der Waals surface area contributed by atoms with Crippen molar-refractivity contribution in [1.29, 1.82) is 0 Å². The van der Waals surface area contributed by atoms with Gasteiger partial charge < -0.3 is 9.64 Å². The maximum atomic E-state index is 13.4. The third-order valence-electron chi connectivity index (χ3n) is 3.88. The molecule has 1 heterocycles. The van der Waals surface area contributed by atoms with Crippen LogP contribution < -0.4 is 0 Å². The van der Waals surface area contributed by atoms with Crippen molar-refractivity contribution in [3.8, 4) is 0 Å². The maximum absolute atomic E-state index is 13.4. The van der Waals surface area contributed by atoms with E-state index in [1.165, 1.54) is 11.0 Å². The van der Waals surface area contributed by atoms with Crippen LogP contribution in [0.2, 0.25) is 0 Å². The Labute approximate surface area is 138 Å². The molecule has 1 saturated heterocycles. The third-order valence-corrected chi connectivity index (χ3v) is 3.88. The number of benzene rings is 1. The summed E-state index contributed by atoms with van der Waals surface area (Å²) in [5.41, 5.74) is -0.336. The summed E-state index contributed by atoms with van der Waals surface area (Å²) in [7, 11) is 0. The average molecular weight is 342 g/mol. The van der Waals surface area contributed by atoms with Crippen molar-refractivity contribution in [2.75, 3.05) is 13.1 Å². The van der Waals surface area contributed by atoms with Gasteiger partial charge >= 0.3 is 6.09 Å². The van der Waals surface area contributed by atoms with Crippen LogP contribution in [-0.2, 0) is 4.74 Å². The van der Waals surface area contributed by atoms with Crippen molar-refractivity contribution in [3.63, 3.8) is 0 Å². The van der Waals surface area contributed by atoms with E-state index in [1.807, 2.05) is 0 Å². The summed E-state index contributed by atoms with van der Waals surface area (Å²) in [5, 5.41) is 11.4. The van der Waals surface area contributed by atoms with E-state index in [2.05, 4.69) is 0 Å². The van der Waals surface area contributed by atoms with E-state index < -0.39 is 40.2 Å². The van der Waals surface area contributed by atoms with Gasteiger partial charge in [0.2, 0.25) is 6.04 Å². The Morgan fingerprint density at radius 3 is 2.54 bits per heavy atom. The molecule has 0 N–H and O–H groups in total. The van der Waals surface area contributed by atoms with Crippen LogP contribution in [0.5, 0.6) is 0 Å². The predicted octanol–water partition coefficient (Wildman–Crippen LogP) is 3.33. The molecule has 1 aliphatic rings. The SMILES string of the molecule is CC(C)(C)OC(=O)N1CC[C@@H](c2ccc(F)c(F)c2)[C@H]([N+](=O)[O-])C1. The van der Waals surface area contributed by atoms with Crippen LogP contribution in [0.1, 0.15) is 38.7 Å². The second kappa shape index (κ2) is 6.70. The predicted molar refractivity (Wildman–Crippen MR) is 82.3 cm³/mol. The Morgan fingerprint density at radius 1 is 1.33 bits per heavy atom. The van der Waals surface area contributed by atoms with E-state index in [0.29, 0.717) is 5.56 Å². The van der Waals surface area contributed by atoms with Crippen LogP contribution in [0.15, 0.2) is 18.2 Å². The zero-order chi connectivity index (χ0) is 18.1. The minimum absolute atomic E-state index is 0.133. The lowest BCUT2D eigenvalue weighted by Gasteiger charge is -2.35. The van der Waals surface area contributed by atoms with E-state index in [-0.39, 0.29) is 19.5 Å². The summed E-state index contributed by atoms with van der Waals surface area (Å²) in [6, 6.07) is 2.20. The molecule has 2 atom stereocenters. The molecule has 0 saturated carbocycles. The minimum Gasteiger partial charge on any atom is -0.444 e. The van der Waals surface area contributed by atoms with Gasteiger partial charge in [-0.05, 0) is 44.9 Å². The molecule has 1 fully saturated rings. The molecule has 24 heavy (non-hydrogen) atoms. The smallest absolute Gasteiger partial charge is 0.410 e. The van der Waals surface area contributed by atoms with Gasteiger partial charge in [0.15, 0.2) is 11.6 Å². The Kier molecular flexibility index (Phi) is 5.05. The first-order valence-electron chi connectivity index (χ1n) is 7.65. The number of ether oxygens (including phenoxy) is 1. The fraction of sp³-hybridized carbons (Fsp3) is 0.562. The molecule has 0 bridgehead atoms. The molecule has 0 aliphatic carbocycles. The number of nitro groups is 1. The van der Waals surface area contributed by atoms with E-state index in [1.54, 1.807) is 20.8 Å². The van der Waals surface area contributed by atoms with Gasteiger partial charge in [-0.15, -0.1) is 0 Å². The van der Waals surface area contributed by atoms with Crippen molar-refractivity contribution in [1.82, 2.24) is 4.90 Å². The highest BCUT2D eigenvalue weighted by Crippen LogP contribution is 2.31. The lowest BCUT2D eigenvalue weighted by atomic mass is 9.85. The topological polar surface area (TPSA) is 72.7 Å². The zero-order valence-electron chi connectivity index (χ0n) is 13.8. The molecule has 0 unspecified atom stereocenters. The van der Waals surface area contributed by atoms with Gasteiger partial charge in [0.25, 0.3) is 0 Å². The lowest BCUT2D eigenvalue weighted by Crippen LogP contribution is -2.50. The molecule has 132 valence electrons. The second-order valence-corrected chi connectivity index (χ2v) is 6.85. The highest BCUT2D eigenvalue weighted by Gasteiger charge is 2.41. The number of halogens is 2. The Bertz CT molecular complexity index is 645. The molecule has 1 aromatic carbocycles. The van der Waals surface area contributed by atoms with Crippen LogP contribution in [-0.4, -0.2) is 40.6 Å². The molecule has 0 aromatic heterocycles. The largest absolute Gasteiger partial charge is 0.444 e. The molecule has 8 heteroatoms. The van der Waals surface area contributed by atoms with Crippen molar-refractivity contribution in [2.45, 2.75) is 44.8 Å². The van der Waals surface area contributed by atoms with Gasteiger partial charge in [0.1, 0.15) is 5.60 Å². The quantitative estimate of drug-likeness (QED) is 0.610. The number of likely N-dealkylation sites (tertiary alicyclic amines) is 1. The van der Waals surface area contributed by atoms with Crippen molar-refractivity contribution >= 4 is 6.09 Å². The number of rotatable bonds is 2. The van der Waals surface area contributed by atoms with Crippen molar-refractivity contribution < 1.29 is 23.2 Å². The molecule has 2 rings (SSSR count). The highest BCUT2D eigenvalue weighted by molar-refractivity contribution is 5.68. The zero-order valence-corrected chi connectivity index (χ0v) is 13.8. The normalized spacial score (nSPS) is 21.5. The van der Waals surface area contributed by atoms with Gasteiger partial charge in [-0.3, -0.25) is 10.1 Å². The summed E-state index contributed by atoms with van der Waals surface area (Å²) in [6.45, 7) is 5.26. The first-order valence-corrected chi connectivity index (χ1v) is 7.65. The van der Waals surface area contributed by atoms with Gasteiger partial charge in [0, 0.05) is 11.5 Å². The molecule has 1 aliphatic heterocycles. The number of amides is 1. The molecule has 6 nitrogen and oxygen atoms in total. The maximum Gasteiger partial charge on any atom is 0.410 e. The molecular formula is C16H20F2N2O4. The number of hydrogen-bond acceptors (Lipinski definition) is 4.